The normalized spacial score (nSPS) is 11.1. The molecule has 5 nitrogen and oxygen atoms in total. The Kier molecular flexibility index (Phi) is 5.43. The Balaban J connectivity index is 1.81. The number of aromatic amines is 1. The minimum atomic E-state index is -0.404. The van der Waals surface area contributed by atoms with Crippen LogP contribution < -0.4 is 5.32 Å². The summed E-state index contributed by atoms with van der Waals surface area (Å²) in [6, 6.07) is 13.5. The first kappa shape index (κ1) is 17.1. The molecule has 124 valence electrons. The van der Waals surface area contributed by atoms with Crippen molar-refractivity contribution in [2.45, 2.75) is 6.54 Å². The van der Waals surface area contributed by atoms with Gasteiger partial charge in [-0.25, -0.2) is 0 Å². The average molecular weight is 413 g/mol. The zero-order chi connectivity index (χ0) is 17.6. The van der Waals surface area contributed by atoms with Crippen molar-refractivity contribution < 1.29 is 4.79 Å². The molecule has 1 aromatic carbocycles. The van der Waals surface area contributed by atoms with E-state index in [1.807, 2.05) is 47.8 Å². The van der Waals surface area contributed by atoms with E-state index in [1.165, 1.54) is 0 Å². The molecule has 0 saturated heterocycles. The zero-order valence-corrected chi connectivity index (χ0v) is 15.4. The summed E-state index contributed by atoms with van der Waals surface area (Å²) in [5, 5.41) is 21.0. The van der Waals surface area contributed by atoms with E-state index in [4.69, 9.17) is 0 Å². The van der Waals surface area contributed by atoms with E-state index in [-0.39, 0.29) is 5.57 Å². The van der Waals surface area contributed by atoms with Crippen LogP contribution in [0.25, 0.3) is 17.3 Å². The molecule has 7 heteroatoms. The van der Waals surface area contributed by atoms with Gasteiger partial charge in [0.1, 0.15) is 11.6 Å². The van der Waals surface area contributed by atoms with Crippen LogP contribution in [0, 0.1) is 11.3 Å². The van der Waals surface area contributed by atoms with Crippen LogP contribution in [0.1, 0.15) is 10.4 Å². The summed E-state index contributed by atoms with van der Waals surface area (Å²) < 4.78 is 0.971. The third-order valence-corrected chi connectivity index (χ3v) is 4.87. The monoisotopic (exact) mass is 412 g/mol. The first-order valence-electron chi connectivity index (χ1n) is 7.39. The molecule has 0 aliphatic carbocycles. The predicted molar refractivity (Wildman–Crippen MR) is 101 cm³/mol. The largest absolute Gasteiger partial charge is 0.347 e. The van der Waals surface area contributed by atoms with Gasteiger partial charge >= 0.3 is 0 Å². The van der Waals surface area contributed by atoms with Gasteiger partial charge < -0.3 is 5.32 Å². The van der Waals surface area contributed by atoms with Crippen LogP contribution in [0.3, 0.4) is 0 Å². The minimum Gasteiger partial charge on any atom is -0.347 e. The van der Waals surface area contributed by atoms with Crippen LogP contribution >= 0.6 is 27.3 Å². The van der Waals surface area contributed by atoms with Crippen molar-refractivity contribution in [3.63, 3.8) is 0 Å². The molecule has 0 atom stereocenters. The summed E-state index contributed by atoms with van der Waals surface area (Å²) >= 11 is 4.95. The number of thiophene rings is 1. The number of hydrogen-bond acceptors (Lipinski definition) is 4. The molecule has 0 fully saturated rings. The number of halogens is 1. The van der Waals surface area contributed by atoms with Crippen molar-refractivity contribution >= 4 is 39.2 Å². The summed E-state index contributed by atoms with van der Waals surface area (Å²) in [6.45, 7) is 0.403. The number of hydrogen-bond donors (Lipinski definition) is 2. The molecule has 0 bridgehead atoms. The first-order valence-corrected chi connectivity index (χ1v) is 9.06. The molecule has 1 amide bonds. The van der Waals surface area contributed by atoms with Crippen LogP contribution in [0.4, 0.5) is 0 Å². The van der Waals surface area contributed by atoms with Gasteiger partial charge in [-0.15, -0.1) is 11.3 Å². The molecule has 0 radical (unpaired) electrons. The average Bonchev–Trinajstić information content (AvgIpc) is 3.30. The lowest BCUT2D eigenvalue weighted by atomic mass is 10.1. The Morgan fingerprint density at radius 1 is 1.36 bits per heavy atom. The number of carbonyl (C=O) groups excluding carboxylic acids is 1. The highest BCUT2D eigenvalue weighted by molar-refractivity contribution is 9.10. The number of nitrogens with one attached hydrogen (secondary N) is 2. The fourth-order valence-electron chi connectivity index (χ4n) is 2.23. The van der Waals surface area contributed by atoms with Crippen molar-refractivity contribution in [1.29, 1.82) is 5.26 Å². The summed E-state index contributed by atoms with van der Waals surface area (Å²) in [7, 11) is 0. The van der Waals surface area contributed by atoms with Gasteiger partial charge in [0.05, 0.1) is 18.4 Å². The molecule has 2 aromatic heterocycles. The first-order chi connectivity index (χ1) is 12.2. The Labute approximate surface area is 157 Å². The molecule has 2 heterocycles. The third-order valence-electron chi connectivity index (χ3n) is 3.47. The van der Waals surface area contributed by atoms with Crippen molar-refractivity contribution in [1.82, 2.24) is 15.5 Å². The van der Waals surface area contributed by atoms with Crippen molar-refractivity contribution in [3.05, 3.63) is 68.5 Å². The van der Waals surface area contributed by atoms with Gasteiger partial charge in [-0.05, 0) is 29.7 Å². The van der Waals surface area contributed by atoms with E-state index in [0.29, 0.717) is 12.1 Å². The smallest absolute Gasteiger partial charge is 0.262 e. The fraction of sp³-hybridized carbons (Fsp3) is 0.0556. The number of amides is 1. The molecule has 3 aromatic rings. The summed E-state index contributed by atoms with van der Waals surface area (Å²) in [5.41, 5.74) is 2.40. The Bertz CT molecular complexity index is 936. The number of carbonyl (C=O) groups is 1. The molecule has 3 rings (SSSR count). The van der Waals surface area contributed by atoms with E-state index in [9.17, 15) is 10.1 Å². The second-order valence-corrected chi connectivity index (χ2v) is 7.09. The van der Waals surface area contributed by atoms with Gasteiger partial charge in [0, 0.05) is 20.5 Å². The lowest BCUT2D eigenvalue weighted by Gasteiger charge is -2.03. The molecule has 0 unspecified atom stereocenters. The second kappa shape index (κ2) is 7.92. The van der Waals surface area contributed by atoms with Crippen LogP contribution in [0.15, 0.2) is 58.0 Å². The quantitative estimate of drug-likeness (QED) is 0.488. The third kappa shape index (κ3) is 4.24. The standard InChI is InChI=1S/C18H13BrN4OS/c19-15-5-3-12(4-6-15)17-14(10-22-23-17)8-13(9-20)18(24)21-11-16-2-1-7-25-16/h1-8,10H,11H2,(H,21,24)(H,22,23). The van der Waals surface area contributed by atoms with Crippen molar-refractivity contribution in [3.8, 4) is 17.3 Å². The molecule has 0 aliphatic heterocycles. The highest BCUT2D eigenvalue weighted by Crippen LogP contribution is 2.24. The number of nitriles is 1. The molecule has 0 spiro atoms. The van der Waals surface area contributed by atoms with Gasteiger partial charge in [-0.2, -0.15) is 10.4 Å². The van der Waals surface area contributed by atoms with Crippen LogP contribution in [-0.4, -0.2) is 16.1 Å². The van der Waals surface area contributed by atoms with Gasteiger partial charge in [0.25, 0.3) is 5.91 Å². The summed E-state index contributed by atoms with van der Waals surface area (Å²) in [4.78, 5) is 13.3. The Morgan fingerprint density at radius 2 is 2.16 bits per heavy atom. The Hall–Kier alpha value is -2.69. The van der Waals surface area contributed by atoms with E-state index in [2.05, 4.69) is 31.4 Å². The molecule has 0 aliphatic rings. The zero-order valence-electron chi connectivity index (χ0n) is 13.0. The SMILES string of the molecule is N#CC(=Cc1cn[nH]c1-c1ccc(Br)cc1)C(=O)NCc1cccs1. The fourth-order valence-corrected chi connectivity index (χ4v) is 3.14. The summed E-state index contributed by atoms with van der Waals surface area (Å²) in [5.74, 6) is -0.404. The van der Waals surface area contributed by atoms with Gasteiger partial charge in [0.15, 0.2) is 0 Å². The number of rotatable bonds is 5. The molecule has 25 heavy (non-hydrogen) atoms. The number of H-pyrrole nitrogens is 1. The number of benzene rings is 1. The number of nitrogens with zero attached hydrogens (tertiary/aromatic N) is 2. The van der Waals surface area contributed by atoms with Crippen molar-refractivity contribution in [2.24, 2.45) is 0 Å². The lowest BCUT2D eigenvalue weighted by Crippen LogP contribution is -2.23. The van der Waals surface area contributed by atoms with Crippen LogP contribution in [0.2, 0.25) is 0 Å². The van der Waals surface area contributed by atoms with Crippen LogP contribution in [0.5, 0.6) is 0 Å². The number of aromatic nitrogens is 2. The molecule has 2 N–H and O–H groups in total. The van der Waals surface area contributed by atoms with Crippen LogP contribution in [-0.2, 0) is 11.3 Å². The van der Waals surface area contributed by atoms with E-state index in [1.54, 1.807) is 23.6 Å². The van der Waals surface area contributed by atoms with Gasteiger partial charge in [-0.1, -0.05) is 34.1 Å². The highest BCUT2D eigenvalue weighted by Gasteiger charge is 2.12. The maximum atomic E-state index is 12.3. The van der Waals surface area contributed by atoms with Gasteiger partial charge in [0.2, 0.25) is 0 Å². The molecular formula is C18H13BrN4OS. The summed E-state index contributed by atoms with van der Waals surface area (Å²) in [6.07, 6.45) is 3.14. The topological polar surface area (TPSA) is 81.6 Å². The minimum absolute atomic E-state index is 0.0383. The maximum Gasteiger partial charge on any atom is 0.262 e. The van der Waals surface area contributed by atoms with E-state index >= 15 is 0 Å². The van der Waals surface area contributed by atoms with Gasteiger partial charge in [-0.3, -0.25) is 9.89 Å². The van der Waals surface area contributed by atoms with Crippen molar-refractivity contribution in [2.75, 3.05) is 0 Å². The Morgan fingerprint density at radius 3 is 2.84 bits per heavy atom. The lowest BCUT2D eigenvalue weighted by molar-refractivity contribution is -0.117. The predicted octanol–water partition coefficient (Wildman–Crippen LogP) is 4.12. The molecular weight excluding hydrogens is 400 g/mol. The van der Waals surface area contributed by atoms with E-state index < -0.39 is 5.91 Å². The second-order valence-electron chi connectivity index (χ2n) is 5.14. The van der Waals surface area contributed by atoms with E-state index in [0.717, 1.165) is 20.6 Å². The maximum absolute atomic E-state index is 12.3. The highest BCUT2D eigenvalue weighted by atomic mass is 79.9. The molecule has 0 saturated carbocycles.